The number of sulfone groups is 1. The standard InChI is InChI=1S/C25H26FN5O2S/c1-3-30(17-20-7-5-4-6-8-20)24(21-11-13-22(26)14-12-21)25-27-28-29-31(25)18-34(32,33)23-15-9-19(2)10-16-23/h4-16,24H,3,17-18H2,1-2H3/t24-/m0/s1. The van der Waals surface area contributed by atoms with Crippen LogP contribution in [0.1, 0.15) is 35.5 Å². The third-order valence-electron chi connectivity index (χ3n) is 5.66. The van der Waals surface area contributed by atoms with Gasteiger partial charge in [0.05, 0.1) is 10.9 Å². The number of benzene rings is 3. The van der Waals surface area contributed by atoms with Crippen molar-refractivity contribution in [2.75, 3.05) is 6.54 Å². The van der Waals surface area contributed by atoms with E-state index in [1.165, 1.54) is 16.8 Å². The molecule has 0 saturated heterocycles. The largest absolute Gasteiger partial charge is 0.286 e. The van der Waals surface area contributed by atoms with Gasteiger partial charge in [-0.15, -0.1) is 5.10 Å². The molecule has 1 aromatic heterocycles. The zero-order chi connectivity index (χ0) is 24.1. The van der Waals surface area contributed by atoms with E-state index in [4.69, 9.17) is 0 Å². The Hall–Kier alpha value is -3.43. The van der Waals surface area contributed by atoms with E-state index in [9.17, 15) is 12.8 Å². The average molecular weight is 480 g/mol. The van der Waals surface area contributed by atoms with Gasteiger partial charge in [0.15, 0.2) is 21.5 Å². The van der Waals surface area contributed by atoms with Gasteiger partial charge < -0.3 is 0 Å². The van der Waals surface area contributed by atoms with Gasteiger partial charge in [0.2, 0.25) is 0 Å². The zero-order valence-electron chi connectivity index (χ0n) is 19.0. The normalized spacial score (nSPS) is 12.7. The van der Waals surface area contributed by atoms with Crippen molar-refractivity contribution in [3.05, 3.63) is 107 Å². The van der Waals surface area contributed by atoms with Crippen molar-refractivity contribution < 1.29 is 12.8 Å². The first kappa shape index (κ1) is 23.7. The van der Waals surface area contributed by atoms with Crippen LogP contribution in [-0.2, 0) is 22.3 Å². The molecule has 4 aromatic rings. The molecular weight excluding hydrogens is 453 g/mol. The molecule has 1 atom stereocenters. The maximum Gasteiger partial charge on any atom is 0.198 e. The molecule has 1 heterocycles. The lowest BCUT2D eigenvalue weighted by atomic mass is 10.0. The molecule has 0 unspecified atom stereocenters. The third-order valence-corrected chi connectivity index (χ3v) is 7.24. The summed E-state index contributed by atoms with van der Waals surface area (Å²) in [7, 11) is -3.69. The number of halogens is 1. The van der Waals surface area contributed by atoms with Crippen molar-refractivity contribution >= 4 is 9.84 Å². The van der Waals surface area contributed by atoms with Gasteiger partial charge in [-0.1, -0.05) is 67.1 Å². The molecule has 9 heteroatoms. The van der Waals surface area contributed by atoms with Crippen LogP contribution in [0.5, 0.6) is 0 Å². The number of aryl methyl sites for hydroxylation is 1. The molecule has 0 fully saturated rings. The quantitative estimate of drug-likeness (QED) is 0.359. The van der Waals surface area contributed by atoms with Crippen LogP contribution in [0.4, 0.5) is 4.39 Å². The molecule has 0 bridgehead atoms. The van der Waals surface area contributed by atoms with E-state index in [1.807, 2.05) is 44.2 Å². The molecule has 0 aliphatic rings. The fraction of sp³-hybridized carbons (Fsp3) is 0.240. The number of rotatable bonds is 9. The van der Waals surface area contributed by atoms with Gasteiger partial charge in [-0.05, 0) is 59.3 Å². The predicted octanol–water partition coefficient (Wildman–Crippen LogP) is 4.16. The zero-order valence-corrected chi connectivity index (χ0v) is 19.9. The summed E-state index contributed by atoms with van der Waals surface area (Å²) in [6, 6.07) is 22.3. The van der Waals surface area contributed by atoms with Crippen LogP contribution >= 0.6 is 0 Å². The van der Waals surface area contributed by atoms with E-state index in [0.29, 0.717) is 18.9 Å². The topological polar surface area (TPSA) is 81.0 Å². The van der Waals surface area contributed by atoms with Gasteiger partial charge in [-0.3, -0.25) is 4.90 Å². The van der Waals surface area contributed by atoms with Gasteiger partial charge in [0.1, 0.15) is 5.82 Å². The van der Waals surface area contributed by atoms with E-state index in [2.05, 4.69) is 20.4 Å². The van der Waals surface area contributed by atoms with Crippen molar-refractivity contribution in [1.82, 2.24) is 25.1 Å². The molecule has 176 valence electrons. The molecule has 0 aliphatic heterocycles. The fourth-order valence-corrected chi connectivity index (χ4v) is 5.06. The summed E-state index contributed by atoms with van der Waals surface area (Å²) in [6.07, 6.45) is 0. The summed E-state index contributed by atoms with van der Waals surface area (Å²) in [5.74, 6) is -0.380. The molecule has 7 nitrogen and oxygen atoms in total. The Balaban J connectivity index is 1.73. The molecule has 0 spiro atoms. The highest BCUT2D eigenvalue weighted by Gasteiger charge is 2.29. The summed E-state index contributed by atoms with van der Waals surface area (Å²) < 4.78 is 41.3. The number of hydrogen-bond acceptors (Lipinski definition) is 6. The number of tetrazole rings is 1. The monoisotopic (exact) mass is 479 g/mol. The highest BCUT2D eigenvalue weighted by atomic mass is 32.2. The molecule has 0 saturated carbocycles. The van der Waals surface area contributed by atoms with Gasteiger partial charge in [0.25, 0.3) is 0 Å². The lowest BCUT2D eigenvalue weighted by Crippen LogP contribution is -2.32. The lowest BCUT2D eigenvalue weighted by Gasteiger charge is -2.30. The molecule has 0 aliphatic carbocycles. The molecule has 4 rings (SSSR count). The molecule has 34 heavy (non-hydrogen) atoms. The third kappa shape index (κ3) is 5.37. The maximum atomic E-state index is 13.7. The second-order valence-corrected chi connectivity index (χ2v) is 10.1. The van der Waals surface area contributed by atoms with Crippen molar-refractivity contribution in [2.24, 2.45) is 0 Å². The van der Waals surface area contributed by atoms with Crippen LogP contribution < -0.4 is 0 Å². The van der Waals surface area contributed by atoms with Crippen LogP contribution in [0, 0.1) is 12.7 Å². The minimum atomic E-state index is -3.69. The van der Waals surface area contributed by atoms with Crippen molar-refractivity contribution in [2.45, 2.75) is 37.2 Å². The Labute approximate surface area is 198 Å². The fourth-order valence-electron chi connectivity index (χ4n) is 3.85. The second-order valence-electron chi connectivity index (χ2n) is 8.10. The summed E-state index contributed by atoms with van der Waals surface area (Å²) in [6.45, 7) is 5.12. The first-order valence-corrected chi connectivity index (χ1v) is 12.6. The Kier molecular flexibility index (Phi) is 7.14. The van der Waals surface area contributed by atoms with Crippen molar-refractivity contribution in [3.63, 3.8) is 0 Å². The Morgan fingerprint density at radius 1 is 0.971 bits per heavy atom. The van der Waals surface area contributed by atoms with Gasteiger partial charge in [0, 0.05) is 6.54 Å². The number of aromatic nitrogens is 4. The number of nitrogens with zero attached hydrogens (tertiary/aromatic N) is 5. The van der Waals surface area contributed by atoms with E-state index >= 15 is 0 Å². The van der Waals surface area contributed by atoms with Crippen LogP contribution in [0.3, 0.4) is 0 Å². The van der Waals surface area contributed by atoms with Crippen LogP contribution in [-0.4, -0.2) is 40.1 Å². The Morgan fingerprint density at radius 2 is 1.65 bits per heavy atom. The minimum absolute atomic E-state index is 0.203. The minimum Gasteiger partial charge on any atom is -0.286 e. The summed E-state index contributed by atoms with van der Waals surface area (Å²) in [4.78, 5) is 2.33. The summed E-state index contributed by atoms with van der Waals surface area (Å²) in [5, 5.41) is 12.0. The van der Waals surface area contributed by atoms with Gasteiger partial charge in [-0.25, -0.2) is 17.5 Å². The smallest absolute Gasteiger partial charge is 0.198 e. The Morgan fingerprint density at radius 3 is 2.29 bits per heavy atom. The lowest BCUT2D eigenvalue weighted by molar-refractivity contribution is 0.216. The van der Waals surface area contributed by atoms with Gasteiger partial charge >= 0.3 is 0 Å². The van der Waals surface area contributed by atoms with E-state index in [1.54, 1.807) is 36.4 Å². The maximum absolute atomic E-state index is 13.7. The second kappa shape index (κ2) is 10.2. The van der Waals surface area contributed by atoms with Crippen molar-refractivity contribution in [1.29, 1.82) is 0 Å². The summed E-state index contributed by atoms with van der Waals surface area (Å²) >= 11 is 0. The highest BCUT2D eigenvalue weighted by molar-refractivity contribution is 7.90. The predicted molar refractivity (Wildman–Crippen MR) is 127 cm³/mol. The average Bonchev–Trinajstić information content (AvgIpc) is 3.27. The van der Waals surface area contributed by atoms with E-state index < -0.39 is 21.8 Å². The molecule has 0 radical (unpaired) electrons. The van der Waals surface area contributed by atoms with E-state index in [0.717, 1.165) is 16.7 Å². The van der Waals surface area contributed by atoms with E-state index in [-0.39, 0.29) is 10.7 Å². The van der Waals surface area contributed by atoms with Crippen LogP contribution in [0.15, 0.2) is 83.8 Å². The number of hydrogen-bond donors (Lipinski definition) is 0. The summed E-state index contributed by atoms with van der Waals surface area (Å²) in [5.41, 5.74) is 2.82. The first-order valence-electron chi connectivity index (χ1n) is 11.0. The highest BCUT2D eigenvalue weighted by Crippen LogP contribution is 2.29. The Bertz CT molecular complexity index is 1320. The first-order chi connectivity index (χ1) is 16.4. The molecule has 0 amide bonds. The van der Waals surface area contributed by atoms with Crippen molar-refractivity contribution in [3.8, 4) is 0 Å². The molecule has 3 aromatic carbocycles. The molecule has 0 N–H and O–H groups in total. The SMILES string of the molecule is CCN(Cc1ccccc1)[C@@H](c1ccc(F)cc1)c1nnnn1CS(=O)(=O)c1ccc(C)cc1. The van der Waals surface area contributed by atoms with Crippen LogP contribution in [0.25, 0.3) is 0 Å². The van der Waals surface area contributed by atoms with Crippen LogP contribution in [0.2, 0.25) is 0 Å². The molecular formula is C25H26FN5O2S. The van der Waals surface area contributed by atoms with Gasteiger partial charge in [-0.2, -0.15) is 0 Å².